The maximum atomic E-state index is 9.94. The van der Waals surface area contributed by atoms with Crippen LogP contribution in [0.3, 0.4) is 0 Å². The van der Waals surface area contributed by atoms with Crippen molar-refractivity contribution in [2.24, 2.45) is 0 Å². The van der Waals surface area contributed by atoms with Crippen LogP contribution in [0.1, 0.15) is 69.2 Å². The predicted molar refractivity (Wildman–Crippen MR) is 66.8 cm³/mol. The first-order valence-electron chi connectivity index (χ1n) is 6.14. The number of pyridine rings is 1. The lowest BCUT2D eigenvalue weighted by atomic mass is 9.83. The third kappa shape index (κ3) is 2.09. The molecule has 1 aromatic heterocycles. The molecule has 0 bridgehead atoms. The molecule has 0 aromatic carbocycles. The molecule has 94 valence electrons. The number of aromatic nitrogens is 1. The second kappa shape index (κ2) is 4.07. The standard InChI is InChI=1S/C14H21NO2/c1-8(2)12-11-9(7-17-13(11)16)10(6-15-12)14(3,4)5/h6,8,13,16H,7H2,1-5H3. The second-order valence-corrected chi connectivity index (χ2v) is 6.02. The van der Waals surface area contributed by atoms with Crippen LogP contribution < -0.4 is 0 Å². The molecule has 0 aliphatic carbocycles. The van der Waals surface area contributed by atoms with Gasteiger partial charge in [0, 0.05) is 11.8 Å². The molecule has 1 aliphatic heterocycles. The first-order chi connectivity index (χ1) is 7.82. The summed E-state index contributed by atoms with van der Waals surface area (Å²) in [5, 5.41) is 9.94. The van der Waals surface area contributed by atoms with Crippen molar-refractivity contribution >= 4 is 0 Å². The molecule has 3 nitrogen and oxygen atoms in total. The van der Waals surface area contributed by atoms with Crippen LogP contribution in [0.25, 0.3) is 0 Å². The summed E-state index contributed by atoms with van der Waals surface area (Å²) in [4.78, 5) is 4.53. The Balaban J connectivity index is 2.64. The van der Waals surface area contributed by atoms with E-state index in [2.05, 4.69) is 39.6 Å². The molecule has 0 spiro atoms. The monoisotopic (exact) mass is 235 g/mol. The van der Waals surface area contributed by atoms with E-state index in [1.165, 1.54) is 5.56 Å². The maximum Gasteiger partial charge on any atom is 0.183 e. The largest absolute Gasteiger partial charge is 0.364 e. The summed E-state index contributed by atoms with van der Waals surface area (Å²) in [6.45, 7) is 11.1. The molecule has 2 rings (SSSR count). The zero-order chi connectivity index (χ0) is 12.8. The smallest absolute Gasteiger partial charge is 0.183 e. The Morgan fingerprint density at radius 1 is 1.41 bits per heavy atom. The van der Waals surface area contributed by atoms with Crippen LogP contribution in [0.4, 0.5) is 0 Å². The molecule has 0 fully saturated rings. The van der Waals surface area contributed by atoms with E-state index in [1.54, 1.807) is 0 Å². The van der Waals surface area contributed by atoms with E-state index in [9.17, 15) is 5.11 Å². The van der Waals surface area contributed by atoms with E-state index in [0.717, 1.165) is 16.8 Å². The fourth-order valence-corrected chi connectivity index (χ4v) is 2.36. The Bertz CT molecular complexity index is 433. The van der Waals surface area contributed by atoms with Crippen molar-refractivity contribution in [2.75, 3.05) is 0 Å². The SMILES string of the molecule is CC(C)c1ncc(C(C)(C)C)c2c1C(O)OC2. The van der Waals surface area contributed by atoms with Crippen LogP contribution >= 0.6 is 0 Å². The molecule has 1 N–H and O–H groups in total. The van der Waals surface area contributed by atoms with E-state index in [4.69, 9.17) is 4.74 Å². The molecule has 1 aliphatic rings. The number of aliphatic hydroxyl groups is 1. The van der Waals surface area contributed by atoms with Gasteiger partial charge in [0.15, 0.2) is 6.29 Å². The van der Waals surface area contributed by atoms with Gasteiger partial charge in [-0.15, -0.1) is 0 Å². The Kier molecular flexibility index (Phi) is 3.00. The third-order valence-electron chi connectivity index (χ3n) is 3.25. The quantitative estimate of drug-likeness (QED) is 0.813. The average Bonchev–Trinajstić information content (AvgIpc) is 2.58. The summed E-state index contributed by atoms with van der Waals surface area (Å²) in [6.07, 6.45) is 1.13. The topological polar surface area (TPSA) is 42.4 Å². The predicted octanol–water partition coefficient (Wildman–Crippen LogP) is 3.02. The number of hydrogen-bond donors (Lipinski definition) is 1. The molecular formula is C14H21NO2. The summed E-state index contributed by atoms with van der Waals surface area (Å²) in [5.41, 5.74) is 4.18. The Morgan fingerprint density at radius 3 is 2.59 bits per heavy atom. The normalized spacial score (nSPS) is 19.8. The van der Waals surface area contributed by atoms with Gasteiger partial charge < -0.3 is 9.84 Å². The van der Waals surface area contributed by atoms with E-state index in [-0.39, 0.29) is 5.41 Å². The van der Waals surface area contributed by atoms with Crippen molar-refractivity contribution in [2.45, 2.75) is 58.8 Å². The summed E-state index contributed by atoms with van der Waals surface area (Å²) < 4.78 is 5.37. The summed E-state index contributed by atoms with van der Waals surface area (Å²) >= 11 is 0. The van der Waals surface area contributed by atoms with E-state index >= 15 is 0 Å². The van der Waals surface area contributed by atoms with Crippen molar-refractivity contribution in [1.29, 1.82) is 0 Å². The highest BCUT2D eigenvalue weighted by Gasteiger charge is 2.32. The molecule has 17 heavy (non-hydrogen) atoms. The first-order valence-corrected chi connectivity index (χ1v) is 6.14. The van der Waals surface area contributed by atoms with Crippen LogP contribution in [-0.2, 0) is 16.8 Å². The number of ether oxygens (including phenoxy) is 1. The van der Waals surface area contributed by atoms with Crippen LogP contribution in [0.15, 0.2) is 6.20 Å². The number of rotatable bonds is 1. The van der Waals surface area contributed by atoms with Gasteiger partial charge in [-0.25, -0.2) is 0 Å². The zero-order valence-electron chi connectivity index (χ0n) is 11.2. The van der Waals surface area contributed by atoms with Crippen LogP contribution in [0, 0.1) is 0 Å². The number of fused-ring (bicyclic) bond motifs is 1. The fraction of sp³-hybridized carbons (Fsp3) is 0.643. The Morgan fingerprint density at radius 2 is 2.06 bits per heavy atom. The lowest BCUT2D eigenvalue weighted by Gasteiger charge is -2.23. The van der Waals surface area contributed by atoms with E-state index in [0.29, 0.717) is 12.5 Å². The average molecular weight is 235 g/mol. The van der Waals surface area contributed by atoms with Crippen molar-refractivity contribution < 1.29 is 9.84 Å². The minimum atomic E-state index is -0.808. The molecule has 2 heterocycles. The van der Waals surface area contributed by atoms with Gasteiger partial charge in [-0.05, 0) is 22.5 Å². The number of nitrogens with zero attached hydrogens (tertiary/aromatic N) is 1. The first kappa shape index (κ1) is 12.5. The molecule has 1 aromatic rings. The fourth-order valence-electron chi connectivity index (χ4n) is 2.36. The zero-order valence-corrected chi connectivity index (χ0v) is 11.2. The highest BCUT2D eigenvalue weighted by Crippen LogP contribution is 2.39. The van der Waals surface area contributed by atoms with Gasteiger partial charge in [0.25, 0.3) is 0 Å². The van der Waals surface area contributed by atoms with Gasteiger partial charge in [0.2, 0.25) is 0 Å². The molecule has 0 saturated carbocycles. The van der Waals surface area contributed by atoms with Gasteiger partial charge in [0.05, 0.1) is 12.3 Å². The number of aliphatic hydroxyl groups excluding tert-OH is 1. The van der Waals surface area contributed by atoms with E-state index in [1.807, 2.05) is 6.20 Å². The van der Waals surface area contributed by atoms with Crippen molar-refractivity contribution in [3.63, 3.8) is 0 Å². The van der Waals surface area contributed by atoms with Gasteiger partial charge >= 0.3 is 0 Å². The van der Waals surface area contributed by atoms with Crippen LogP contribution in [0.2, 0.25) is 0 Å². The molecule has 0 amide bonds. The van der Waals surface area contributed by atoms with Gasteiger partial charge in [0.1, 0.15) is 0 Å². The van der Waals surface area contributed by atoms with Gasteiger partial charge in [-0.2, -0.15) is 0 Å². The highest BCUT2D eigenvalue weighted by atomic mass is 16.6. The second-order valence-electron chi connectivity index (χ2n) is 6.02. The highest BCUT2D eigenvalue weighted by molar-refractivity contribution is 5.43. The minimum absolute atomic E-state index is 0.0278. The van der Waals surface area contributed by atoms with Crippen molar-refractivity contribution in [3.8, 4) is 0 Å². The van der Waals surface area contributed by atoms with Crippen molar-refractivity contribution in [3.05, 3.63) is 28.6 Å². The van der Waals surface area contributed by atoms with Crippen LogP contribution in [0.5, 0.6) is 0 Å². The van der Waals surface area contributed by atoms with Crippen molar-refractivity contribution in [1.82, 2.24) is 4.98 Å². The number of hydrogen-bond acceptors (Lipinski definition) is 3. The Hall–Kier alpha value is -0.930. The molecule has 1 atom stereocenters. The summed E-state index contributed by atoms with van der Waals surface area (Å²) in [6, 6.07) is 0. The van der Waals surface area contributed by atoms with Gasteiger partial charge in [-0.1, -0.05) is 34.6 Å². The van der Waals surface area contributed by atoms with Crippen LogP contribution in [-0.4, -0.2) is 10.1 Å². The maximum absolute atomic E-state index is 9.94. The lowest BCUT2D eigenvalue weighted by Crippen LogP contribution is -2.16. The summed E-state index contributed by atoms with van der Waals surface area (Å²) in [7, 11) is 0. The summed E-state index contributed by atoms with van der Waals surface area (Å²) in [5.74, 6) is 0.300. The van der Waals surface area contributed by atoms with E-state index < -0.39 is 6.29 Å². The Labute approximate surface area is 103 Å². The van der Waals surface area contributed by atoms with Gasteiger partial charge in [-0.3, -0.25) is 4.98 Å². The molecule has 0 radical (unpaired) electrons. The molecular weight excluding hydrogens is 214 g/mol. The minimum Gasteiger partial charge on any atom is -0.364 e. The third-order valence-corrected chi connectivity index (χ3v) is 3.25. The lowest BCUT2D eigenvalue weighted by molar-refractivity contribution is -0.0925. The molecule has 1 unspecified atom stereocenters. The molecule has 0 saturated heterocycles. The molecule has 3 heteroatoms.